The molecule has 0 aromatic carbocycles. The van der Waals surface area contributed by atoms with E-state index >= 15 is 0 Å². The Labute approximate surface area is 222 Å². The molecule has 1 rings (SSSR count). The molecule has 0 aromatic heterocycles. The number of nitrogens with zero attached hydrogens (tertiary/aromatic N) is 5. The van der Waals surface area contributed by atoms with Crippen LogP contribution in [-0.2, 0) is 32.6 Å². The molecule has 0 radical (unpaired) electrons. The summed E-state index contributed by atoms with van der Waals surface area (Å²) in [6, 6.07) is 0. The van der Waals surface area contributed by atoms with Gasteiger partial charge in [-0.1, -0.05) is 20.4 Å². The highest BCUT2D eigenvalue weighted by Crippen LogP contribution is 2.35. The van der Waals surface area contributed by atoms with Gasteiger partial charge in [-0.25, -0.2) is 9.13 Å². The molecule has 0 unspecified atom stereocenters. The van der Waals surface area contributed by atoms with Crippen molar-refractivity contribution in [2.75, 3.05) is 72.5 Å². The van der Waals surface area contributed by atoms with E-state index in [2.05, 4.69) is 15.6 Å². The summed E-state index contributed by atoms with van der Waals surface area (Å²) in [6.07, 6.45) is 1.19. The topological polar surface area (TPSA) is 201 Å². The smallest absolute Gasteiger partial charge is 0.307 e. The second-order valence-corrected chi connectivity index (χ2v) is 10.9. The van der Waals surface area contributed by atoms with Gasteiger partial charge in [0.2, 0.25) is 17.7 Å². The first-order valence-corrected chi connectivity index (χ1v) is 15.1. The van der Waals surface area contributed by atoms with Gasteiger partial charge in [-0.2, -0.15) is 0 Å². The first-order chi connectivity index (χ1) is 17.7. The average Bonchev–Trinajstić information content (AvgIpc) is 2.85. The van der Waals surface area contributed by atoms with Crippen LogP contribution >= 0.6 is 15.6 Å². The third-order valence-electron chi connectivity index (χ3n) is 5.73. The molecule has 0 aromatic rings. The fraction of sp³-hybridized carbons (Fsp3) is 0.750. The number of phosphoric acid groups is 2. The number of amides is 3. The van der Waals surface area contributed by atoms with Crippen LogP contribution in [0.2, 0.25) is 0 Å². The summed E-state index contributed by atoms with van der Waals surface area (Å²) in [5.41, 5.74) is 0. The zero-order valence-corrected chi connectivity index (χ0v) is 23.5. The molecule has 220 valence electrons. The quantitative estimate of drug-likeness (QED) is 0.122. The van der Waals surface area contributed by atoms with Crippen molar-refractivity contribution < 1.29 is 52.1 Å². The van der Waals surface area contributed by atoms with Gasteiger partial charge < -0.3 is 44.1 Å². The molecule has 0 bridgehead atoms. The molecule has 0 aliphatic carbocycles. The lowest BCUT2D eigenvalue weighted by Gasteiger charge is -2.42. The Morgan fingerprint density at radius 3 is 1.45 bits per heavy atom. The Morgan fingerprint density at radius 1 is 0.763 bits per heavy atom. The highest BCUT2D eigenvalue weighted by atomic mass is 31.2. The van der Waals surface area contributed by atoms with Crippen molar-refractivity contribution in [1.29, 1.82) is 0 Å². The Bertz CT molecular complexity index is 837. The lowest BCUT2D eigenvalue weighted by Crippen LogP contribution is -2.59. The predicted molar refractivity (Wildman–Crippen MR) is 135 cm³/mol. The molecule has 4 N–H and O–H groups in total. The standard InChI is InChI=1S/C20H39N5O11P2/c1-4-18(26)23-15-24(19(27)7-9-21(5-2)11-13-35-37(29,30)31)17-25(16-23)20(28)8-10-22(6-3)12-14-36-38(32,33)34/h4H,1,5-17H2,2-3H3,(H2,29,30,31)(H2,32,33,34). The molecule has 3 amide bonds. The number of hydrogen-bond acceptors (Lipinski definition) is 9. The van der Waals surface area contributed by atoms with E-state index in [0.29, 0.717) is 13.1 Å². The van der Waals surface area contributed by atoms with E-state index in [1.165, 1.54) is 14.7 Å². The Balaban J connectivity index is 2.72. The number of carbonyl (C=O) groups is 3. The molecule has 38 heavy (non-hydrogen) atoms. The normalized spacial score (nSPS) is 14.9. The first kappa shape index (κ1) is 34.3. The summed E-state index contributed by atoms with van der Waals surface area (Å²) in [5.74, 6) is -1.08. The van der Waals surface area contributed by atoms with Crippen molar-refractivity contribution in [3.63, 3.8) is 0 Å². The molecule has 0 atom stereocenters. The summed E-state index contributed by atoms with van der Waals surface area (Å²) >= 11 is 0. The molecular formula is C20H39N5O11P2. The van der Waals surface area contributed by atoms with E-state index in [1.807, 2.05) is 13.8 Å². The van der Waals surface area contributed by atoms with Gasteiger partial charge in [-0.05, 0) is 19.2 Å². The van der Waals surface area contributed by atoms with Gasteiger partial charge in [0.15, 0.2) is 0 Å². The molecular weight excluding hydrogens is 548 g/mol. The molecule has 16 nitrogen and oxygen atoms in total. The van der Waals surface area contributed by atoms with Gasteiger partial charge in [0.05, 0.1) is 33.2 Å². The molecule has 0 spiro atoms. The number of phosphoric ester groups is 2. The van der Waals surface area contributed by atoms with Crippen molar-refractivity contribution in [3.8, 4) is 0 Å². The minimum atomic E-state index is -4.58. The second-order valence-electron chi connectivity index (χ2n) is 8.39. The zero-order valence-electron chi connectivity index (χ0n) is 21.8. The summed E-state index contributed by atoms with van der Waals surface area (Å²) in [5, 5.41) is 0. The van der Waals surface area contributed by atoms with Gasteiger partial charge >= 0.3 is 15.6 Å². The zero-order chi connectivity index (χ0) is 28.9. The van der Waals surface area contributed by atoms with Crippen LogP contribution in [0, 0.1) is 0 Å². The molecule has 0 saturated carbocycles. The van der Waals surface area contributed by atoms with Crippen molar-refractivity contribution in [1.82, 2.24) is 24.5 Å². The SMILES string of the molecule is C=CC(=O)N1CN(C(=O)CCN(CC)CCOP(=O)(O)O)CN(C(=O)CCN(CC)CCOP(=O)(O)O)C1. The molecule has 18 heteroatoms. The minimum Gasteiger partial charge on any atom is -0.307 e. The third-order valence-corrected chi connectivity index (χ3v) is 6.77. The van der Waals surface area contributed by atoms with Crippen LogP contribution in [0.15, 0.2) is 12.7 Å². The number of likely N-dealkylation sites (N-methyl/N-ethyl adjacent to an activating group) is 2. The highest BCUT2D eigenvalue weighted by Gasteiger charge is 2.31. The van der Waals surface area contributed by atoms with E-state index in [4.69, 9.17) is 19.6 Å². The Morgan fingerprint density at radius 2 is 1.13 bits per heavy atom. The van der Waals surface area contributed by atoms with Crippen LogP contribution in [0.3, 0.4) is 0 Å². The van der Waals surface area contributed by atoms with Gasteiger partial charge in [-0.15, -0.1) is 0 Å². The number of hydrogen-bond donors (Lipinski definition) is 4. The largest absolute Gasteiger partial charge is 0.469 e. The Kier molecular flexibility index (Phi) is 14.8. The van der Waals surface area contributed by atoms with E-state index < -0.39 is 21.6 Å². The van der Waals surface area contributed by atoms with E-state index in [9.17, 15) is 23.5 Å². The maximum atomic E-state index is 12.9. The van der Waals surface area contributed by atoms with Crippen LogP contribution in [-0.4, -0.2) is 134 Å². The van der Waals surface area contributed by atoms with E-state index in [-0.39, 0.29) is 84.1 Å². The summed E-state index contributed by atoms with van der Waals surface area (Å²) in [7, 11) is -9.16. The lowest BCUT2D eigenvalue weighted by molar-refractivity contribution is -0.157. The molecule has 1 aliphatic rings. The monoisotopic (exact) mass is 587 g/mol. The van der Waals surface area contributed by atoms with Gasteiger partial charge in [-0.3, -0.25) is 23.4 Å². The molecule has 1 aliphatic heterocycles. The summed E-state index contributed by atoms with van der Waals surface area (Å²) in [6.45, 7) is 8.60. The summed E-state index contributed by atoms with van der Waals surface area (Å²) < 4.78 is 30.6. The maximum Gasteiger partial charge on any atom is 0.469 e. The molecule has 1 heterocycles. The third kappa shape index (κ3) is 13.9. The van der Waals surface area contributed by atoms with Crippen LogP contribution in [0.25, 0.3) is 0 Å². The van der Waals surface area contributed by atoms with Crippen LogP contribution in [0.4, 0.5) is 0 Å². The maximum absolute atomic E-state index is 12.9. The second kappa shape index (κ2) is 16.4. The van der Waals surface area contributed by atoms with E-state index in [1.54, 1.807) is 9.80 Å². The van der Waals surface area contributed by atoms with Crippen LogP contribution in [0.5, 0.6) is 0 Å². The van der Waals surface area contributed by atoms with E-state index in [0.717, 1.165) is 6.08 Å². The minimum absolute atomic E-state index is 0.0261. The first-order valence-electron chi connectivity index (χ1n) is 12.0. The van der Waals surface area contributed by atoms with Crippen molar-refractivity contribution in [3.05, 3.63) is 12.7 Å². The van der Waals surface area contributed by atoms with Crippen LogP contribution in [0.1, 0.15) is 26.7 Å². The molecule has 1 saturated heterocycles. The fourth-order valence-corrected chi connectivity index (χ4v) is 4.23. The lowest BCUT2D eigenvalue weighted by atomic mass is 10.3. The number of rotatable bonds is 17. The Hall–Kier alpha value is -1.71. The van der Waals surface area contributed by atoms with Gasteiger partial charge in [0, 0.05) is 39.0 Å². The number of carbonyl (C=O) groups excluding carboxylic acids is 3. The van der Waals surface area contributed by atoms with Gasteiger partial charge in [0.25, 0.3) is 0 Å². The highest BCUT2D eigenvalue weighted by molar-refractivity contribution is 7.46. The van der Waals surface area contributed by atoms with Gasteiger partial charge in [0.1, 0.15) is 0 Å². The fourth-order valence-electron chi connectivity index (χ4n) is 3.59. The van der Waals surface area contributed by atoms with Crippen molar-refractivity contribution >= 4 is 33.4 Å². The predicted octanol–water partition coefficient (Wildman–Crippen LogP) is -0.813. The molecule has 1 fully saturated rings. The van der Waals surface area contributed by atoms with Crippen molar-refractivity contribution in [2.24, 2.45) is 0 Å². The van der Waals surface area contributed by atoms with Crippen molar-refractivity contribution in [2.45, 2.75) is 26.7 Å². The van der Waals surface area contributed by atoms with Crippen LogP contribution < -0.4 is 0 Å². The average molecular weight is 588 g/mol. The summed E-state index contributed by atoms with van der Waals surface area (Å²) in [4.78, 5) is 81.0.